The molecule has 0 aromatic rings. The molecule has 4 nitrogen and oxygen atoms in total. The molecule has 0 aliphatic carbocycles. The van der Waals surface area contributed by atoms with E-state index in [4.69, 9.17) is 10.8 Å². The summed E-state index contributed by atoms with van der Waals surface area (Å²) in [7, 11) is -2.85. The molecule has 0 rings (SSSR count). The van der Waals surface area contributed by atoms with Crippen LogP contribution in [0.4, 0.5) is 0 Å². The Morgan fingerprint density at radius 3 is 2.46 bits per heavy atom. The lowest BCUT2D eigenvalue weighted by Gasteiger charge is -2.10. The zero-order valence-electron chi connectivity index (χ0n) is 8.07. The van der Waals surface area contributed by atoms with Crippen LogP contribution in [0, 0.1) is 5.92 Å². The Balaban J connectivity index is 3.67. The molecule has 0 aromatic carbocycles. The lowest BCUT2D eigenvalue weighted by molar-refractivity contribution is 0.222. The highest BCUT2D eigenvalue weighted by atomic mass is 32.2. The van der Waals surface area contributed by atoms with Crippen LogP contribution >= 0.6 is 0 Å². The molecule has 0 saturated carbocycles. The Bertz CT molecular complexity index is 209. The quantitative estimate of drug-likeness (QED) is 0.607. The van der Waals surface area contributed by atoms with Crippen molar-refractivity contribution >= 4 is 9.84 Å². The van der Waals surface area contributed by atoms with Crippen LogP contribution in [0.15, 0.2) is 0 Å². The third kappa shape index (κ3) is 6.01. The molecule has 0 aromatic heterocycles. The van der Waals surface area contributed by atoms with Crippen LogP contribution in [0.3, 0.4) is 0 Å². The molecule has 3 N–H and O–H groups in total. The first-order valence-electron chi connectivity index (χ1n) is 4.57. The number of nitrogens with two attached hydrogens (primary N) is 1. The van der Waals surface area contributed by atoms with E-state index in [1.807, 2.05) is 0 Å². The van der Waals surface area contributed by atoms with E-state index in [9.17, 15) is 8.42 Å². The second-order valence-corrected chi connectivity index (χ2v) is 5.64. The lowest BCUT2D eigenvalue weighted by Crippen LogP contribution is -2.19. The fourth-order valence-electron chi connectivity index (χ4n) is 1.02. The largest absolute Gasteiger partial charge is 0.396 e. The van der Waals surface area contributed by atoms with Crippen molar-refractivity contribution in [3.05, 3.63) is 0 Å². The Labute approximate surface area is 80.1 Å². The van der Waals surface area contributed by atoms with Gasteiger partial charge in [0.1, 0.15) is 9.84 Å². The first-order chi connectivity index (χ1) is 6.05. The van der Waals surface area contributed by atoms with Crippen molar-refractivity contribution in [1.29, 1.82) is 0 Å². The molecule has 0 saturated heterocycles. The van der Waals surface area contributed by atoms with Gasteiger partial charge in [0.05, 0.1) is 5.75 Å². The standard InChI is InChI=1S/C8H19NO3S/c1-2-13(11,12)5-3-4-8(6-9)7-10/h8,10H,2-7,9H2,1H3. The highest BCUT2D eigenvalue weighted by molar-refractivity contribution is 7.91. The summed E-state index contributed by atoms with van der Waals surface area (Å²) in [5.41, 5.74) is 5.36. The van der Waals surface area contributed by atoms with Gasteiger partial charge in [0, 0.05) is 12.4 Å². The van der Waals surface area contributed by atoms with Crippen LogP contribution in [0.25, 0.3) is 0 Å². The first-order valence-corrected chi connectivity index (χ1v) is 6.39. The van der Waals surface area contributed by atoms with Crippen molar-refractivity contribution in [2.45, 2.75) is 19.8 Å². The van der Waals surface area contributed by atoms with Crippen molar-refractivity contribution in [3.8, 4) is 0 Å². The van der Waals surface area contributed by atoms with Gasteiger partial charge in [0.2, 0.25) is 0 Å². The Morgan fingerprint density at radius 2 is 2.08 bits per heavy atom. The minimum absolute atomic E-state index is 0.0443. The molecule has 0 heterocycles. The van der Waals surface area contributed by atoms with Gasteiger partial charge in [-0.3, -0.25) is 0 Å². The van der Waals surface area contributed by atoms with E-state index in [1.54, 1.807) is 6.92 Å². The number of rotatable bonds is 7. The highest BCUT2D eigenvalue weighted by Crippen LogP contribution is 2.05. The van der Waals surface area contributed by atoms with Crippen molar-refractivity contribution < 1.29 is 13.5 Å². The average molecular weight is 209 g/mol. The lowest BCUT2D eigenvalue weighted by atomic mass is 10.1. The van der Waals surface area contributed by atoms with E-state index in [0.29, 0.717) is 19.4 Å². The second kappa shape index (κ2) is 6.34. The van der Waals surface area contributed by atoms with Crippen molar-refractivity contribution in [1.82, 2.24) is 0 Å². The molecule has 0 aliphatic heterocycles. The number of sulfone groups is 1. The maximum atomic E-state index is 11.1. The summed E-state index contributed by atoms with van der Waals surface area (Å²) in [5, 5.41) is 8.78. The number of aliphatic hydroxyl groups is 1. The summed E-state index contributed by atoms with van der Waals surface area (Å²) in [6, 6.07) is 0. The SMILES string of the molecule is CCS(=O)(=O)CCCC(CN)CO. The normalized spacial score (nSPS) is 14.4. The molecular formula is C8H19NO3S. The maximum Gasteiger partial charge on any atom is 0.150 e. The predicted molar refractivity (Wildman–Crippen MR) is 53.2 cm³/mol. The van der Waals surface area contributed by atoms with Crippen LogP contribution in [0.2, 0.25) is 0 Å². The third-order valence-corrected chi connectivity index (χ3v) is 3.89. The van der Waals surface area contributed by atoms with Gasteiger partial charge in [0.25, 0.3) is 0 Å². The van der Waals surface area contributed by atoms with Crippen molar-refractivity contribution in [3.63, 3.8) is 0 Å². The minimum Gasteiger partial charge on any atom is -0.396 e. The molecule has 0 spiro atoms. The third-order valence-electron chi connectivity index (χ3n) is 2.10. The number of hydrogen-bond donors (Lipinski definition) is 2. The second-order valence-electron chi connectivity index (χ2n) is 3.16. The van der Waals surface area contributed by atoms with E-state index < -0.39 is 9.84 Å². The van der Waals surface area contributed by atoms with Gasteiger partial charge in [-0.15, -0.1) is 0 Å². The van der Waals surface area contributed by atoms with Gasteiger partial charge in [-0.2, -0.15) is 0 Å². The minimum atomic E-state index is -2.85. The summed E-state index contributed by atoms with van der Waals surface area (Å²) in [6.45, 7) is 2.10. The van der Waals surface area contributed by atoms with Gasteiger partial charge in [-0.25, -0.2) is 8.42 Å². The molecule has 13 heavy (non-hydrogen) atoms. The van der Waals surface area contributed by atoms with E-state index in [0.717, 1.165) is 0 Å². The van der Waals surface area contributed by atoms with Gasteiger partial charge in [-0.1, -0.05) is 6.92 Å². The van der Waals surface area contributed by atoms with Crippen LogP contribution < -0.4 is 5.73 Å². The van der Waals surface area contributed by atoms with Gasteiger partial charge in [-0.05, 0) is 25.3 Å². The zero-order valence-corrected chi connectivity index (χ0v) is 8.89. The van der Waals surface area contributed by atoms with E-state index in [-0.39, 0.29) is 24.0 Å². The summed E-state index contributed by atoms with van der Waals surface area (Å²) < 4.78 is 22.1. The molecule has 5 heteroatoms. The maximum absolute atomic E-state index is 11.1. The smallest absolute Gasteiger partial charge is 0.150 e. The zero-order chi connectivity index (χ0) is 10.3. The molecule has 1 unspecified atom stereocenters. The summed E-state index contributed by atoms with van der Waals surface area (Å²) in [6.07, 6.45) is 1.28. The fraction of sp³-hybridized carbons (Fsp3) is 1.00. The highest BCUT2D eigenvalue weighted by Gasteiger charge is 2.09. The Morgan fingerprint density at radius 1 is 1.46 bits per heavy atom. The van der Waals surface area contributed by atoms with Gasteiger partial charge >= 0.3 is 0 Å². The monoisotopic (exact) mass is 209 g/mol. The summed E-state index contributed by atoms with van der Waals surface area (Å²) in [4.78, 5) is 0. The predicted octanol–water partition coefficient (Wildman–Crippen LogP) is -0.231. The Hall–Kier alpha value is -0.130. The van der Waals surface area contributed by atoms with Crippen LogP contribution in [-0.2, 0) is 9.84 Å². The number of aliphatic hydroxyl groups excluding tert-OH is 1. The van der Waals surface area contributed by atoms with E-state index in [2.05, 4.69) is 0 Å². The van der Waals surface area contributed by atoms with Crippen molar-refractivity contribution in [2.24, 2.45) is 11.7 Å². The first kappa shape index (κ1) is 12.9. The van der Waals surface area contributed by atoms with Crippen molar-refractivity contribution in [2.75, 3.05) is 24.7 Å². The van der Waals surface area contributed by atoms with Crippen LogP contribution in [0.5, 0.6) is 0 Å². The molecule has 1 atom stereocenters. The molecular weight excluding hydrogens is 190 g/mol. The fourth-order valence-corrected chi connectivity index (χ4v) is 1.92. The Kier molecular flexibility index (Phi) is 6.28. The van der Waals surface area contributed by atoms with Gasteiger partial charge in [0.15, 0.2) is 0 Å². The molecule has 0 aliphatic rings. The van der Waals surface area contributed by atoms with E-state index in [1.165, 1.54) is 0 Å². The molecule has 80 valence electrons. The topological polar surface area (TPSA) is 80.4 Å². The molecule has 0 radical (unpaired) electrons. The van der Waals surface area contributed by atoms with Crippen LogP contribution in [0.1, 0.15) is 19.8 Å². The van der Waals surface area contributed by atoms with Crippen LogP contribution in [-0.4, -0.2) is 38.2 Å². The van der Waals surface area contributed by atoms with E-state index >= 15 is 0 Å². The summed E-state index contributed by atoms with van der Waals surface area (Å²) >= 11 is 0. The molecule has 0 amide bonds. The molecule has 0 bridgehead atoms. The molecule has 0 fully saturated rings. The number of hydrogen-bond acceptors (Lipinski definition) is 4. The summed E-state index contributed by atoms with van der Waals surface area (Å²) in [5.74, 6) is 0.450. The average Bonchev–Trinajstić information content (AvgIpc) is 2.12. The van der Waals surface area contributed by atoms with Gasteiger partial charge < -0.3 is 10.8 Å².